The van der Waals surface area contributed by atoms with Crippen LogP contribution < -0.4 is 0 Å². The molecule has 3 rings (SSSR count). The van der Waals surface area contributed by atoms with Crippen LogP contribution in [0, 0.1) is 12.7 Å². The lowest BCUT2D eigenvalue weighted by Crippen LogP contribution is -2.06. The fourth-order valence-electron chi connectivity index (χ4n) is 2.11. The Morgan fingerprint density at radius 3 is 2.78 bits per heavy atom. The molecule has 0 bridgehead atoms. The number of hydrogen-bond acceptors (Lipinski definition) is 6. The first-order valence-electron chi connectivity index (χ1n) is 6.92. The molecule has 7 nitrogen and oxygen atoms in total. The smallest absolute Gasteiger partial charge is 0.379 e. The van der Waals surface area contributed by atoms with Gasteiger partial charge in [-0.1, -0.05) is 0 Å². The van der Waals surface area contributed by atoms with Crippen LogP contribution in [-0.4, -0.2) is 32.9 Å². The number of esters is 1. The number of carbonyl (C=O) groups is 1. The van der Waals surface area contributed by atoms with Crippen LogP contribution in [0.2, 0.25) is 0 Å². The van der Waals surface area contributed by atoms with Gasteiger partial charge in [0.15, 0.2) is 0 Å². The van der Waals surface area contributed by atoms with Crippen LogP contribution >= 0.6 is 0 Å². The highest BCUT2D eigenvalue weighted by atomic mass is 19.1. The number of hydrogen-bond donors (Lipinski definition) is 1. The maximum absolute atomic E-state index is 13.1. The van der Waals surface area contributed by atoms with Crippen molar-refractivity contribution < 1.29 is 18.4 Å². The first-order chi connectivity index (χ1) is 11.1. The largest absolute Gasteiger partial charge is 0.460 e. The van der Waals surface area contributed by atoms with E-state index in [2.05, 4.69) is 20.3 Å². The second-order valence-electron chi connectivity index (χ2n) is 4.72. The molecular formula is C15H13FN4O3. The van der Waals surface area contributed by atoms with Crippen LogP contribution in [0.5, 0.6) is 0 Å². The number of aromatic amines is 1. The third-order valence-corrected chi connectivity index (χ3v) is 3.16. The lowest BCUT2D eigenvalue weighted by Gasteiger charge is -1.99. The quantitative estimate of drug-likeness (QED) is 0.744. The Bertz CT molecular complexity index is 839. The summed E-state index contributed by atoms with van der Waals surface area (Å²) in [4.78, 5) is 15.7. The van der Waals surface area contributed by atoms with Crippen molar-refractivity contribution in [1.82, 2.24) is 20.3 Å². The summed E-state index contributed by atoms with van der Waals surface area (Å²) in [7, 11) is 0. The monoisotopic (exact) mass is 316 g/mol. The van der Waals surface area contributed by atoms with E-state index in [1.807, 2.05) is 0 Å². The summed E-state index contributed by atoms with van der Waals surface area (Å²) in [6, 6.07) is 5.86. The molecule has 0 unspecified atom stereocenters. The van der Waals surface area contributed by atoms with Crippen molar-refractivity contribution in [3.63, 3.8) is 0 Å². The Kier molecular flexibility index (Phi) is 3.88. The van der Waals surface area contributed by atoms with E-state index < -0.39 is 5.97 Å². The average Bonchev–Trinajstić information content (AvgIpc) is 3.15. The van der Waals surface area contributed by atoms with E-state index in [4.69, 9.17) is 9.26 Å². The van der Waals surface area contributed by atoms with Gasteiger partial charge in [-0.15, -0.1) is 0 Å². The molecule has 0 aliphatic carbocycles. The van der Waals surface area contributed by atoms with Gasteiger partial charge in [-0.25, -0.2) is 9.18 Å². The van der Waals surface area contributed by atoms with Crippen molar-refractivity contribution >= 4 is 5.97 Å². The molecule has 2 heterocycles. The van der Waals surface area contributed by atoms with Gasteiger partial charge < -0.3 is 9.26 Å². The second kappa shape index (κ2) is 5.99. The molecule has 118 valence electrons. The summed E-state index contributed by atoms with van der Waals surface area (Å²) >= 11 is 0. The van der Waals surface area contributed by atoms with Gasteiger partial charge in [0.2, 0.25) is 0 Å². The predicted octanol–water partition coefficient (Wildman–Crippen LogP) is 2.75. The van der Waals surface area contributed by atoms with Crippen molar-refractivity contribution in [2.24, 2.45) is 0 Å². The third-order valence-electron chi connectivity index (χ3n) is 3.16. The minimum absolute atomic E-state index is 0.138. The van der Waals surface area contributed by atoms with E-state index in [9.17, 15) is 9.18 Å². The van der Waals surface area contributed by atoms with Gasteiger partial charge in [-0.2, -0.15) is 10.1 Å². The number of aryl methyl sites for hydroxylation is 1. The number of aromatic nitrogens is 4. The number of ether oxygens (including phenoxy) is 1. The first kappa shape index (κ1) is 14.9. The average molecular weight is 316 g/mol. The second-order valence-corrected chi connectivity index (χ2v) is 4.72. The molecule has 23 heavy (non-hydrogen) atoms. The van der Waals surface area contributed by atoms with Crippen molar-refractivity contribution in [2.45, 2.75) is 13.8 Å². The SMILES string of the molecule is CCOC(=O)c1noc(-c2c(-c3ccc(F)cc3)n[nH]c2C)n1. The zero-order valence-corrected chi connectivity index (χ0v) is 12.5. The van der Waals surface area contributed by atoms with Crippen LogP contribution in [-0.2, 0) is 4.74 Å². The molecule has 0 saturated heterocycles. The van der Waals surface area contributed by atoms with E-state index in [1.54, 1.807) is 26.0 Å². The third kappa shape index (κ3) is 2.83. The van der Waals surface area contributed by atoms with Crippen LogP contribution in [0.1, 0.15) is 23.2 Å². The zero-order chi connectivity index (χ0) is 16.4. The summed E-state index contributed by atoms with van der Waals surface area (Å²) in [5, 5.41) is 10.6. The summed E-state index contributed by atoms with van der Waals surface area (Å²) in [5.74, 6) is -1.02. The van der Waals surface area contributed by atoms with Gasteiger partial charge in [0.1, 0.15) is 11.5 Å². The molecule has 0 aliphatic rings. The van der Waals surface area contributed by atoms with Crippen LogP contribution in [0.25, 0.3) is 22.7 Å². The van der Waals surface area contributed by atoms with E-state index in [1.165, 1.54) is 12.1 Å². The minimum Gasteiger partial charge on any atom is -0.460 e. The van der Waals surface area contributed by atoms with E-state index in [-0.39, 0.29) is 24.1 Å². The van der Waals surface area contributed by atoms with Crippen LogP contribution in [0.15, 0.2) is 28.8 Å². The van der Waals surface area contributed by atoms with Gasteiger partial charge in [0, 0.05) is 11.3 Å². The zero-order valence-electron chi connectivity index (χ0n) is 12.5. The molecule has 0 amide bonds. The van der Waals surface area contributed by atoms with E-state index in [0.717, 1.165) is 0 Å². The molecule has 0 fully saturated rings. The molecule has 0 radical (unpaired) electrons. The van der Waals surface area contributed by atoms with Crippen molar-refractivity contribution in [1.29, 1.82) is 0 Å². The maximum atomic E-state index is 13.1. The maximum Gasteiger partial charge on any atom is 0.379 e. The fraction of sp³-hybridized carbons (Fsp3) is 0.200. The normalized spacial score (nSPS) is 10.7. The van der Waals surface area contributed by atoms with Gasteiger partial charge in [0.25, 0.3) is 11.7 Å². The van der Waals surface area contributed by atoms with E-state index >= 15 is 0 Å². The number of carbonyl (C=O) groups excluding carboxylic acids is 1. The molecule has 0 saturated carbocycles. The summed E-state index contributed by atoms with van der Waals surface area (Å²) in [5.41, 5.74) is 2.45. The molecule has 1 N–H and O–H groups in total. The molecule has 1 aromatic carbocycles. The number of H-pyrrole nitrogens is 1. The van der Waals surface area contributed by atoms with Crippen molar-refractivity contribution in [3.8, 4) is 22.7 Å². The van der Waals surface area contributed by atoms with E-state index in [0.29, 0.717) is 22.5 Å². The van der Waals surface area contributed by atoms with Crippen LogP contribution in [0.4, 0.5) is 4.39 Å². The Morgan fingerprint density at radius 2 is 2.09 bits per heavy atom. The molecule has 0 atom stereocenters. The molecule has 2 aromatic heterocycles. The number of halogens is 1. The number of nitrogens with zero attached hydrogens (tertiary/aromatic N) is 3. The summed E-state index contributed by atoms with van der Waals surface area (Å²) in [6.45, 7) is 3.68. The van der Waals surface area contributed by atoms with Gasteiger partial charge >= 0.3 is 5.97 Å². The summed E-state index contributed by atoms with van der Waals surface area (Å²) in [6.07, 6.45) is 0. The molecule has 8 heteroatoms. The molecular weight excluding hydrogens is 303 g/mol. The number of nitrogens with one attached hydrogen (secondary N) is 1. The standard InChI is InChI=1S/C15H13FN4O3/c1-3-22-15(21)13-17-14(23-20-13)11-8(2)18-19-12(11)9-4-6-10(16)7-5-9/h4-7H,3H2,1-2H3,(H,18,19). The lowest BCUT2D eigenvalue weighted by molar-refractivity contribution is 0.0508. The molecule has 0 aliphatic heterocycles. The molecule has 3 aromatic rings. The molecule has 0 spiro atoms. The van der Waals surface area contributed by atoms with Crippen molar-refractivity contribution in [2.75, 3.05) is 6.61 Å². The van der Waals surface area contributed by atoms with Gasteiger partial charge in [-0.05, 0) is 43.3 Å². The Morgan fingerprint density at radius 1 is 1.35 bits per heavy atom. The lowest BCUT2D eigenvalue weighted by atomic mass is 10.1. The fourth-order valence-corrected chi connectivity index (χ4v) is 2.11. The topological polar surface area (TPSA) is 93.9 Å². The number of rotatable bonds is 4. The Balaban J connectivity index is 2.02. The highest BCUT2D eigenvalue weighted by Crippen LogP contribution is 2.31. The summed E-state index contributed by atoms with van der Waals surface area (Å²) < 4.78 is 23.1. The Hall–Kier alpha value is -3.03. The first-order valence-corrected chi connectivity index (χ1v) is 6.92. The number of benzene rings is 1. The van der Waals surface area contributed by atoms with Crippen LogP contribution in [0.3, 0.4) is 0 Å². The highest BCUT2D eigenvalue weighted by Gasteiger charge is 2.23. The Labute approximate surface area is 130 Å². The van der Waals surface area contributed by atoms with Gasteiger partial charge in [-0.3, -0.25) is 5.10 Å². The van der Waals surface area contributed by atoms with Crippen molar-refractivity contribution in [3.05, 3.63) is 41.6 Å². The predicted molar refractivity (Wildman–Crippen MR) is 78.0 cm³/mol. The minimum atomic E-state index is -0.660. The highest BCUT2D eigenvalue weighted by molar-refractivity contribution is 5.86. The van der Waals surface area contributed by atoms with Gasteiger partial charge in [0.05, 0.1) is 12.2 Å².